The molecule has 1 atom stereocenters. The van der Waals surface area contributed by atoms with Crippen molar-refractivity contribution >= 4 is 5.91 Å². The summed E-state index contributed by atoms with van der Waals surface area (Å²) in [6.07, 6.45) is 1.97. The van der Waals surface area contributed by atoms with Gasteiger partial charge >= 0.3 is 0 Å². The monoisotopic (exact) mass is 338 g/mol. The molecule has 0 saturated heterocycles. The first kappa shape index (κ1) is 15.6. The molecule has 3 aromatic rings. The highest BCUT2D eigenvalue weighted by Crippen LogP contribution is 2.33. The fourth-order valence-electron chi connectivity index (χ4n) is 3.39. The maximum atomic E-state index is 13.5. The summed E-state index contributed by atoms with van der Waals surface area (Å²) < 4.78 is 28.9. The second-order valence-electron chi connectivity index (χ2n) is 6.09. The number of aromatic nitrogens is 1. The summed E-state index contributed by atoms with van der Waals surface area (Å²) in [5.74, 6) is -0.996. The Morgan fingerprint density at radius 3 is 2.48 bits per heavy atom. The van der Waals surface area contributed by atoms with Gasteiger partial charge in [0.2, 0.25) is 0 Å². The molecule has 25 heavy (non-hydrogen) atoms. The number of hydrogen-bond donors (Lipinski definition) is 0. The lowest BCUT2D eigenvalue weighted by Gasteiger charge is -2.37. The van der Waals surface area contributed by atoms with E-state index in [9.17, 15) is 13.6 Å². The maximum Gasteiger partial charge on any atom is 0.254 e. The molecule has 1 aliphatic rings. The van der Waals surface area contributed by atoms with Crippen LogP contribution in [0, 0.1) is 11.6 Å². The third-order valence-electron chi connectivity index (χ3n) is 4.56. The summed E-state index contributed by atoms with van der Waals surface area (Å²) in [7, 11) is 0. The van der Waals surface area contributed by atoms with Crippen LogP contribution >= 0.6 is 0 Å². The van der Waals surface area contributed by atoms with E-state index in [0.29, 0.717) is 18.7 Å². The Balaban J connectivity index is 1.78. The molecule has 0 N–H and O–H groups in total. The first-order valence-electron chi connectivity index (χ1n) is 8.10. The smallest absolute Gasteiger partial charge is 0.254 e. The summed E-state index contributed by atoms with van der Waals surface area (Å²) in [6.45, 7) is 1.17. The van der Waals surface area contributed by atoms with Crippen molar-refractivity contribution in [2.45, 2.75) is 12.6 Å². The predicted molar refractivity (Wildman–Crippen MR) is 90.1 cm³/mol. The first-order valence-corrected chi connectivity index (χ1v) is 8.10. The van der Waals surface area contributed by atoms with Gasteiger partial charge in [0.05, 0.1) is 6.04 Å². The molecule has 3 nitrogen and oxygen atoms in total. The summed E-state index contributed by atoms with van der Waals surface area (Å²) >= 11 is 0. The van der Waals surface area contributed by atoms with Crippen LogP contribution in [-0.2, 0) is 6.54 Å². The van der Waals surface area contributed by atoms with E-state index in [2.05, 4.69) is 4.57 Å². The number of carbonyl (C=O) groups excluding carboxylic acids is 1. The van der Waals surface area contributed by atoms with Crippen LogP contribution in [-0.4, -0.2) is 21.9 Å². The lowest BCUT2D eigenvalue weighted by molar-refractivity contribution is 0.0663. The number of halogens is 2. The van der Waals surface area contributed by atoms with E-state index >= 15 is 0 Å². The molecule has 0 fully saturated rings. The van der Waals surface area contributed by atoms with E-state index in [1.54, 1.807) is 23.1 Å². The van der Waals surface area contributed by atoms with Gasteiger partial charge in [-0.2, -0.15) is 0 Å². The van der Waals surface area contributed by atoms with E-state index < -0.39 is 5.82 Å². The minimum Gasteiger partial charge on any atom is -0.348 e. The van der Waals surface area contributed by atoms with Crippen molar-refractivity contribution in [3.05, 3.63) is 95.3 Å². The van der Waals surface area contributed by atoms with Crippen molar-refractivity contribution in [3.63, 3.8) is 0 Å². The summed E-state index contributed by atoms with van der Waals surface area (Å²) in [5.41, 5.74) is 2.10. The second-order valence-corrected chi connectivity index (χ2v) is 6.09. The van der Waals surface area contributed by atoms with E-state index in [-0.39, 0.29) is 17.8 Å². The predicted octanol–water partition coefficient (Wildman–Crippen LogP) is 4.01. The average Bonchev–Trinajstić information content (AvgIpc) is 3.10. The van der Waals surface area contributed by atoms with E-state index in [1.807, 2.05) is 18.3 Å². The second kappa shape index (κ2) is 6.16. The van der Waals surface area contributed by atoms with Gasteiger partial charge in [-0.15, -0.1) is 0 Å². The van der Waals surface area contributed by atoms with Crippen LogP contribution in [0.25, 0.3) is 0 Å². The highest BCUT2D eigenvalue weighted by molar-refractivity contribution is 5.94. The van der Waals surface area contributed by atoms with Crippen LogP contribution in [0.4, 0.5) is 8.78 Å². The molecule has 2 heterocycles. The minimum absolute atomic E-state index is 0.235. The van der Waals surface area contributed by atoms with E-state index in [0.717, 1.165) is 11.3 Å². The minimum atomic E-state index is -0.440. The molecule has 1 aliphatic heterocycles. The Labute approximate surface area is 144 Å². The molecule has 0 saturated carbocycles. The van der Waals surface area contributed by atoms with Gasteiger partial charge in [0.15, 0.2) is 0 Å². The molecule has 1 aromatic heterocycles. The SMILES string of the molecule is O=C(c1cccc(F)c1)N1CCn2cccc2[C@H]1c1ccc(F)cc1. The van der Waals surface area contributed by atoms with Crippen LogP contribution in [0.1, 0.15) is 27.7 Å². The molecule has 0 bridgehead atoms. The first-order chi connectivity index (χ1) is 12.1. The molecule has 5 heteroatoms. The third-order valence-corrected chi connectivity index (χ3v) is 4.56. The fourth-order valence-corrected chi connectivity index (χ4v) is 3.39. The van der Waals surface area contributed by atoms with Gasteiger partial charge in [0, 0.05) is 30.5 Å². The van der Waals surface area contributed by atoms with Crippen molar-refractivity contribution in [2.75, 3.05) is 6.54 Å². The molecule has 0 spiro atoms. The third kappa shape index (κ3) is 2.82. The van der Waals surface area contributed by atoms with Crippen molar-refractivity contribution in [1.82, 2.24) is 9.47 Å². The van der Waals surface area contributed by atoms with Gasteiger partial charge in [-0.05, 0) is 48.0 Å². The number of benzene rings is 2. The number of carbonyl (C=O) groups is 1. The van der Waals surface area contributed by atoms with Crippen molar-refractivity contribution in [1.29, 1.82) is 0 Å². The largest absolute Gasteiger partial charge is 0.348 e. The Morgan fingerprint density at radius 2 is 1.72 bits per heavy atom. The molecule has 0 aliphatic carbocycles. The Kier molecular flexibility index (Phi) is 3.84. The lowest BCUT2D eigenvalue weighted by atomic mass is 9.99. The summed E-state index contributed by atoms with van der Waals surface area (Å²) in [6, 6.07) is 15.4. The van der Waals surface area contributed by atoms with Crippen molar-refractivity contribution in [3.8, 4) is 0 Å². The maximum absolute atomic E-state index is 13.5. The van der Waals surface area contributed by atoms with Gasteiger partial charge in [-0.25, -0.2) is 8.78 Å². The fraction of sp³-hybridized carbons (Fsp3) is 0.150. The van der Waals surface area contributed by atoms with Crippen molar-refractivity contribution < 1.29 is 13.6 Å². The van der Waals surface area contributed by atoms with Gasteiger partial charge in [0.1, 0.15) is 11.6 Å². The molecule has 0 radical (unpaired) electrons. The number of fused-ring (bicyclic) bond motifs is 1. The van der Waals surface area contributed by atoms with Crippen LogP contribution in [0.5, 0.6) is 0 Å². The lowest BCUT2D eigenvalue weighted by Crippen LogP contribution is -2.42. The molecule has 0 unspecified atom stereocenters. The topological polar surface area (TPSA) is 25.2 Å². The van der Waals surface area contributed by atoms with Crippen LogP contribution in [0.2, 0.25) is 0 Å². The van der Waals surface area contributed by atoms with Gasteiger partial charge in [0.25, 0.3) is 5.91 Å². The highest BCUT2D eigenvalue weighted by Gasteiger charge is 2.32. The highest BCUT2D eigenvalue weighted by atomic mass is 19.1. The molecule has 4 rings (SSSR count). The van der Waals surface area contributed by atoms with Crippen LogP contribution < -0.4 is 0 Å². The van der Waals surface area contributed by atoms with Crippen LogP contribution in [0.3, 0.4) is 0 Å². The van der Waals surface area contributed by atoms with Gasteiger partial charge in [-0.1, -0.05) is 18.2 Å². The van der Waals surface area contributed by atoms with Crippen LogP contribution in [0.15, 0.2) is 66.9 Å². The Hall–Kier alpha value is -2.95. The van der Waals surface area contributed by atoms with Gasteiger partial charge < -0.3 is 9.47 Å². The Morgan fingerprint density at radius 1 is 0.920 bits per heavy atom. The normalized spacial score (nSPS) is 16.6. The standard InChI is InChI=1S/C20H16F2N2O/c21-16-8-6-14(7-9-16)19-18-5-2-10-23(18)11-12-24(19)20(25)15-3-1-4-17(22)13-15/h1-10,13,19H,11-12H2/t19-/m1/s1. The van der Waals surface area contributed by atoms with Gasteiger partial charge in [-0.3, -0.25) is 4.79 Å². The quantitative estimate of drug-likeness (QED) is 0.693. The number of hydrogen-bond acceptors (Lipinski definition) is 1. The molecular formula is C20H16F2N2O. The zero-order valence-electron chi connectivity index (χ0n) is 13.4. The Bertz CT molecular complexity index is 917. The van der Waals surface area contributed by atoms with Crippen molar-refractivity contribution in [2.24, 2.45) is 0 Å². The number of amides is 1. The number of rotatable bonds is 2. The average molecular weight is 338 g/mol. The molecule has 2 aromatic carbocycles. The zero-order chi connectivity index (χ0) is 17.4. The summed E-state index contributed by atoms with van der Waals surface area (Å²) in [4.78, 5) is 14.7. The van der Waals surface area contributed by atoms with E-state index in [4.69, 9.17) is 0 Å². The molecule has 1 amide bonds. The zero-order valence-corrected chi connectivity index (χ0v) is 13.4. The summed E-state index contributed by atoms with van der Waals surface area (Å²) in [5, 5.41) is 0. The number of nitrogens with zero attached hydrogens (tertiary/aromatic N) is 2. The molecular weight excluding hydrogens is 322 g/mol. The molecule has 126 valence electrons. The van der Waals surface area contributed by atoms with E-state index in [1.165, 1.54) is 30.3 Å².